The Hall–Kier alpha value is -3.39. The number of ether oxygens (including phenoxy) is 1. The van der Waals surface area contributed by atoms with Crippen LogP contribution in [0.25, 0.3) is 0 Å². The Labute approximate surface area is 212 Å². The molecule has 8 heteroatoms. The fourth-order valence-electron chi connectivity index (χ4n) is 4.99. The molecule has 0 radical (unpaired) electrons. The number of carboxylic acid groups (broad SMARTS) is 2. The van der Waals surface area contributed by atoms with Gasteiger partial charge in [-0.3, -0.25) is 9.69 Å². The van der Waals surface area contributed by atoms with Gasteiger partial charge in [-0.1, -0.05) is 42.5 Å². The summed E-state index contributed by atoms with van der Waals surface area (Å²) in [6, 6.07) is 19.0. The first-order chi connectivity index (χ1) is 17.4. The summed E-state index contributed by atoms with van der Waals surface area (Å²) >= 11 is 0. The van der Waals surface area contributed by atoms with E-state index < -0.39 is 11.9 Å². The van der Waals surface area contributed by atoms with Crippen molar-refractivity contribution >= 4 is 17.8 Å². The van der Waals surface area contributed by atoms with Crippen LogP contribution in [0.1, 0.15) is 36.8 Å². The van der Waals surface area contributed by atoms with Crippen molar-refractivity contribution in [2.75, 3.05) is 33.3 Å². The molecule has 1 amide bonds. The molecule has 36 heavy (non-hydrogen) atoms. The second kappa shape index (κ2) is 13.6. The topological polar surface area (TPSA) is 107 Å². The van der Waals surface area contributed by atoms with Crippen LogP contribution in [0.15, 0.2) is 54.6 Å². The van der Waals surface area contributed by atoms with E-state index in [0.717, 1.165) is 70.6 Å². The lowest BCUT2D eigenvalue weighted by Crippen LogP contribution is -2.47. The molecule has 1 atom stereocenters. The van der Waals surface area contributed by atoms with Crippen LogP contribution in [0.2, 0.25) is 0 Å². The van der Waals surface area contributed by atoms with Crippen molar-refractivity contribution in [3.05, 3.63) is 65.7 Å². The van der Waals surface area contributed by atoms with E-state index in [9.17, 15) is 4.79 Å². The predicted octanol–water partition coefficient (Wildman–Crippen LogP) is 3.54. The van der Waals surface area contributed by atoms with Crippen molar-refractivity contribution in [3.63, 3.8) is 0 Å². The molecule has 8 nitrogen and oxygen atoms in total. The molecule has 2 aliphatic heterocycles. The zero-order valence-corrected chi connectivity index (χ0v) is 20.8. The van der Waals surface area contributed by atoms with Crippen LogP contribution >= 0.6 is 0 Å². The Morgan fingerprint density at radius 3 is 2.19 bits per heavy atom. The average Bonchev–Trinajstić information content (AvgIpc) is 2.90. The zero-order valence-electron chi connectivity index (χ0n) is 20.8. The summed E-state index contributed by atoms with van der Waals surface area (Å²) in [5, 5.41) is 14.8. The van der Waals surface area contributed by atoms with E-state index in [2.05, 4.69) is 52.3 Å². The van der Waals surface area contributed by atoms with Gasteiger partial charge in [0.2, 0.25) is 5.91 Å². The molecule has 0 saturated carbocycles. The maximum Gasteiger partial charge on any atom is 0.414 e. The molecule has 0 bridgehead atoms. The highest BCUT2D eigenvalue weighted by Gasteiger charge is 2.31. The Morgan fingerprint density at radius 1 is 0.889 bits per heavy atom. The number of carbonyl (C=O) groups excluding carboxylic acids is 1. The quantitative estimate of drug-likeness (QED) is 0.589. The molecular weight excluding hydrogens is 460 g/mol. The minimum Gasteiger partial charge on any atom is -0.497 e. The van der Waals surface area contributed by atoms with E-state index >= 15 is 0 Å². The Morgan fingerprint density at radius 2 is 1.56 bits per heavy atom. The van der Waals surface area contributed by atoms with Crippen molar-refractivity contribution < 1.29 is 29.3 Å². The molecule has 194 valence electrons. The molecule has 2 N–H and O–H groups in total. The lowest BCUT2D eigenvalue weighted by Gasteiger charge is -2.38. The lowest BCUT2D eigenvalue weighted by atomic mass is 9.89. The smallest absolute Gasteiger partial charge is 0.414 e. The third kappa shape index (κ3) is 8.37. The Kier molecular flexibility index (Phi) is 10.3. The highest BCUT2D eigenvalue weighted by atomic mass is 16.5. The third-order valence-electron chi connectivity index (χ3n) is 6.87. The van der Waals surface area contributed by atoms with Crippen LogP contribution in [0.5, 0.6) is 5.75 Å². The SMILES string of the molecule is COc1cccc(CN2CCCC(C(=O)N3CCC(Cc4ccccc4)CC3)C2)c1.O=C(O)C(=O)O. The molecular formula is C28H36N2O6. The molecule has 2 aromatic rings. The van der Waals surface area contributed by atoms with E-state index in [1.54, 1.807) is 7.11 Å². The molecule has 2 saturated heterocycles. The number of hydrogen-bond donors (Lipinski definition) is 2. The lowest BCUT2D eigenvalue weighted by molar-refractivity contribution is -0.159. The summed E-state index contributed by atoms with van der Waals surface area (Å²) in [5.74, 6) is -1.52. The average molecular weight is 497 g/mol. The molecule has 2 fully saturated rings. The standard InChI is InChI=1S/C26H34N2O2.C2H2O4/c1-30-25-11-5-9-23(18-25)19-27-14-6-10-24(20-27)26(29)28-15-12-22(13-16-28)17-21-7-3-2-4-8-21;3-1(4)2(5)6/h2-5,7-9,11,18,22,24H,6,10,12-17,19-20H2,1H3;(H,3,4)(H,5,6). The molecule has 1 unspecified atom stereocenters. The fourth-order valence-corrected chi connectivity index (χ4v) is 4.99. The first-order valence-corrected chi connectivity index (χ1v) is 12.5. The van der Waals surface area contributed by atoms with Crippen molar-refractivity contribution in [2.24, 2.45) is 11.8 Å². The first kappa shape index (κ1) is 27.2. The van der Waals surface area contributed by atoms with Gasteiger partial charge in [0.15, 0.2) is 0 Å². The monoisotopic (exact) mass is 496 g/mol. The van der Waals surface area contributed by atoms with Gasteiger partial charge in [-0.15, -0.1) is 0 Å². The minimum absolute atomic E-state index is 0.148. The molecule has 0 aliphatic carbocycles. The summed E-state index contributed by atoms with van der Waals surface area (Å²) in [7, 11) is 1.71. The van der Waals surface area contributed by atoms with Crippen LogP contribution in [-0.2, 0) is 27.3 Å². The summed E-state index contributed by atoms with van der Waals surface area (Å²) in [5.41, 5.74) is 2.67. The Balaban J connectivity index is 0.000000538. The van der Waals surface area contributed by atoms with Gasteiger partial charge < -0.3 is 19.8 Å². The summed E-state index contributed by atoms with van der Waals surface area (Å²) in [6.07, 6.45) is 5.52. The van der Waals surface area contributed by atoms with Gasteiger partial charge in [0.25, 0.3) is 0 Å². The number of benzene rings is 2. The van der Waals surface area contributed by atoms with Crippen molar-refractivity contribution in [1.82, 2.24) is 9.80 Å². The van der Waals surface area contributed by atoms with E-state index in [-0.39, 0.29) is 5.92 Å². The summed E-state index contributed by atoms with van der Waals surface area (Å²) in [6.45, 7) is 4.67. The number of hydrogen-bond acceptors (Lipinski definition) is 5. The number of likely N-dealkylation sites (tertiary alicyclic amines) is 2. The first-order valence-electron chi connectivity index (χ1n) is 12.5. The fraction of sp³-hybridized carbons (Fsp3) is 0.464. The van der Waals surface area contributed by atoms with Crippen molar-refractivity contribution in [2.45, 2.75) is 38.6 Å². The highest BCUT2D eigenvalue weighted by Crippen LogP contribution is 2.26. The normalized spacial score (nSPS) is 18.6. The van der Waals surface area contributed by atoms with Crippen molar-refractivity contribution in [1.29, 1.82) is 0 Å². The number of carboxylic acids is 2. The van der Waals surface area contributed by atoms with Gasteiger partial charge in [-0.25, -0.2) is 9.59 Å². The van der Waals surface area contributed by atoms with Gasteiger partial charge in [0, 0.05) is 26.2 Å². The molecule has 0 aromatic heterocycles. The van der Waals surface area contributed by atoms with Gasteiger partial charge in [-0.05, 0) is 67.8 Å². The van der Waals surface area contributed by atoms with E-state index in [0.29, 0.717) is 11.8 Å². The van der Waals surface area contributed by atoms with E-state index in [4.69, 9.17) is 24.5 Å². The second-order valence-corrected chi connectivity index (χ2v) is 9.49. The van der Waals surface area contributed by atoms with Crippen LogP contribution in [0.4, 0.5) is 0 Å². The number of piperidine rings is 2. The van der Waals surface area contributed by atoms with Gasteiger partial charge >= 0.3 is 11.9 Å². The zero-order chi connectivity index (χ0) is 25.9. The number of nitrogens with zero attached hydrogens (tertiary/aromatic N) is 2. The van der Waals surface area contributed by atoms with Crippen LogP contribution in [-0.4, -0.2) is 71.1 Å². The molecule has 0 spiro atoms. The van der Waals surface area contributed by atoms with Gasteiger partial charge in [0.1, 0.15) is 5.75 Å². The number of carbonyl (C=O) groups is 3. The maximum atomic E-state index is 13.2. The summed E-state index contributed by atoms with van der Waals surface area (Å²) < 4.78 is 5.35. The van der Waals surface area contributed by atoms with Crippen LogP contribution < -0.4 is 4.74 Å². The van der Waals surface area contributed by atoms with Gasteiger partial charge in [-0.2, -0.15) is 0 Å². The number of methoxy groups -OCH3 is 1. The highest BCUT2D eigenvalue weighted by molar-refractivity contribution is 6.27. The van der Waals surface area contributed by atoms with Crippen LogP contribution in [0.3, 0.4) is 0 Å². The molecule has 4 rings (SSSR count). The third-order valence-corrected chi connectivity index (χ3v) is 6.87. The maximum absolute atomic E-state index is 13.2. The number of amides is 1. The van der Waals surface area contributed by atoms with Gasteiger partial charge in [0.05, 0.1) is 13.0 Å². The Bertz CT molecular complexity index is 992. The molecule has 2 aliphatic rings. The van der Waals surface area contributed by atoms with E-state index in [1.165, 1.54) is 11.1 Å². The summed E-state index contributed by atoms with van der Waals surface area (Å²) in [4.78, 5) is 36.0. The molecule has 2 aromatic carbocycles. The predicted molar refractivity (Wildman–Crippen MR) is 136 cm³/mol. The molecule has 2 heterocycles. The minimum atomic E-state index is -1.82. The number of aliphatic carboxylic acids is 2. The van der Waals surface area contributed by atoms with E-state index in [1.807, 2.05) is 12.1 Å². The second-order valence-electron chi connectivity index (χ2n) is 9.49. The van der Waals surface area contributed by atoms with Crippen LogP contribution in [0, 0.1) is 11.8 Å². The number of rotatable bonds is 6. The largest absolute Gasteiger partial charge is 0.497 e. The van der Waals surface area contributed by atoms with Crippen molar-refractivity contribution in [3.8, 4) is 5.75 Å².